The van der Waals surface area contributed by atoms with Crippen LogP contribution in [0.25, 0.3) is 0 Å². The van der Waals surface area contributed by atoms with Crippen LogP contribution in [0.3, 0.4) is 0 Å². The number of esters is 1. The zero-order valence-electron chi connectivity index (χ0n) is 15.9. The summed E-state index contributed by atoms with van der Waals surface area (Å²) < 4.78 is 5.66. The Morgan fingerprint density at radius 1 is 1.15 bits per heavy atom. The van der Waals surface area contributed by atoms with Crippen molar-refractivity contribution < 1.29 is 9.53 Å². The molecule has 2 aromatic carbocycles. The minimum absolute atomic E-state index is 0.0626. The number of hydrogen-bond acceptors (Lipinski definition) is 4. The summed E-state index contributed by atoms with van der Waals surface area (Å²) in [6.07, 6.45) is 7.06. The molecule has 0 spiro atoms. The first kappa shape index (κ1) is 18.1. The van der Waals surface area contributed by atoms with Crippen LogP contribution in [0.1, 0.15) is 60.5 Å². The molecule has 142 valence electrons. The zero-order chi connectivity index (χ0) is 19.0. The molecule has 3 atom stereocenters. The first-order valence-electron chi connectivity index (χ1n) is 9.95. The predicted molar refractivity (Wildman–Crippen MR) is 108 cm³/mol. The van der Waals surface area contributed by atoms with Crippen LogP contribution in [0.2, 0.25) is 0 Å². The van der Waals surface area contributed by atoms with E-state index in [1.165, 1.54) is 36.8 Å². The average molecular weight is 364 g/mol. The van der Waals surface area contributed by atoms with E-state index < -0.39 is 5.97 Å². The molecule has 4 nitrogen and oxygen atoms in total. The van der Waals surface area contributed by atoms with Gasteiger partial charge < -0.3 is 16.2 Å². The Bertz CT molecular complexity index is 863. The number of rotatable bonds is 2. The Balaban J connectivity index is 1.66. The van der Waals surface area contributed by atoms with Crippen molar-refractivity contribution in [3.05, 3.63) is 59.2 Å². The van der Waals surface area contributed by atoms with Crippen LogP contribution in [-0.4, -0.2) is 12.0 Å². The van der Waals surface area contributed by atoms with Crippen molar-refractivity contribution >= 4 is 11.7 Å². The van der Waals surface area contributed by atoms with Gasteiger partial charge in [-0.2, -0.15) is 0 Å². The number of para-hydroxylation sites is 1. The molecule has 0 radical (unpaired) electrons. The van der Waals surface area contributed by atoms with Crippen molar-refractivity contribution in [3.63, 3.8) is 0 Å². The maximum absolute atomic E-state index is 12.5. The van der Waals surface area contributed by atoms with Crippen LogP contribution in [0.4, 0.5) is 5.69 Å². The molecule has 27 heavy (non-hydrogen) atoms. The van der Waals surface area contributed by atoms with Gasteiger partial charge >= 0.3 is 5.97 Å². The van der Waals surface area contributed by atoms with Crippen molar-refractivity contribution in [1.82, 2.24) is 0 Å². The summed E-state index contributed by atoms with van der Waals surface area (Å²) in [6, 6.07) is 13.2. The van der Waals surface area contributed by atoms with E-state index in [9.17, 15) is 4.79 Å². The van der Waals surface area contributed by atoms with Crippen LogP contribution in [0.5, 0.6) is 5.75 Å². The quantitative estimate of drug-likeness (QED) is 0.475. The van der Waals surface area contributed by atoms with Gasteiger partial charge in [-0.1, -0.05) is 44.4 Å². The number of benzene rings is 2. The molecule has 0 heterocycles. The molecule has 1 saturated carbocycles. The SMILES string of the molecule is C[C@@]12CCCCC[C@@H](Cc3ccc(OC(=O)c4ccccc4N)cc31)[C@@H]2N. The molecule has 1 fully saturated rings. The van der Waals surface area contributed by atoms with E-state index in [1.807, 2.05) is 12.1 Å². The number of carbonyl (C=O) groups is 1. The van der Waals surface area contributed by atoms with Gasteiger partial charge in [-0.3, -0.25) is 0 Å². The van der Waals surface area contributed by atoms with E-state index in [0.29, 0.717) is 22.9 Å². The molecule has 0 amide bonds. The molecule has 2 aromatic rings. The molecule has 4 rings (SSSR count). The number of fused-ring (bicyclic) bond motifs is 4. The van der Waals surface area contributed by atoms with Gasteiger partial charge in [0, 0.05) is 17.1 Å². The van der Waals surface area contributed by atoms with Crippen molar-refractivity contribution in [2.75, 3.05) is 5.73 Å². The fraction of sp³-hybridized carbons (Fsp3) is 0.435. The first-order valence-corrected chi connectivity index (χ1v) is 9.95. The smallest absolute Gasteiger partial charge is 0.345 e. The van der Waals surface area contributed by atoms with E-state index in [4.69, 9.17) is 16.2 Å². The van der Waals surface area contributed by atoms with Crippen molar-refractivity contribution in [1.29, 1.82) is 0 Å². The lowest BCUT2D eigenvalue weighted by molar-refractivity contribution is 0.0735. The van der Waals surface area contributed by atoms with Gasteiger partial charge in [-0.15, -0.1) is 0 Å². The molecule has 0 aromatic heterocycles. The summed E-state index contributed by atoms with van der Waals surface area (Å²) in [5.74, 6) is 0.685. The van der Waals surface area contributed by atoms with Crippen molar-refractivity contribution in [3.8, 4) is 5.75 Å². The highest BCUT2D eigenvalue weighted by Gasteiger charge is 2.43. The van der Waals surface area contributed by atoms with Crippen LogP contribution >= 0.6 is 0 Å². The van der Waals surface area contributed by atoms with E-state index in [0.717, 1.165) is 12.8 Å². The lowest BCUT2D eigenvalue weighted by Gasteiger charge is -2.47. The number of nitrogens with two attached hydrogens (primary N) is 2. The highest BCUT2D eigenvalue weighted by molar-refractivity contribution is 5.96. The third-order valence-corrected chi connectivity index (χ3v) is 6.58. The van der Waals surface area contributed by atoms with E-state index >= 15 is 0 Å². The normalized spacial score (nSPS) is 27.2. The second kappa shape index (κ2) is 7.01. The topological polar surface area (TPSA) is 78.3 Å². The van der Waals surface area contributed by atoms with Gasteiger partial charge in [0.05, 0.1) is 5.56 Å². The zero-order valence-corrected chi connectivity index (χ0v) is 15.9. The monoisotopic (exact) mass is 364 g/mol. The average Bonchev–Trinajstić information content (AvgIpc) is 2.66. The molecular weight excluding hydrogens is 336 g/mol. The maximum atomic E-state index is 12.5. The predicted octanol–water partition coefficient (Wildman–Crippen LogP) is 4.21. The van der Waals surface area contributed by atoms with E-state index in [1.54, 1.807) is 24.3 Å². The third kappa shape index (κ3) is 3.23. The molecule has 2 aliphatic carbocycles. The second-order valence-electron chi connectivity index (χ2n) is 8.30. The Morgan fingerprint density at radius 2 is 1.96 bits per heavy atom. The van der Waals surface area contributed by atoms with Crippen LogP contribution in [0, 0.1) is 5.92 Å². The lowest BCUT2D eigenvalue weighted by atomic mass is 9.60. The van der Waals surface area contributed by atoms with E-state index in [-0.39, 0.29) is 11.5 Å². The minimum atomic E-state index is -0.422. The van der Waals surface area contributed by atoms with Gasteiger partial charge in [0.25, 0.3) is 0 Å². The summed E-state index contributed by atoms with van der Waals surface area (Å²) in [6.45, 7) is 2.29. The third-order valence-electron chi connectivity index (χ3n) is 6.58. The Labute approximate surface area is 160 Å². The van der Waals surface area contributed by atoms with Crippen molar-refractivity contribution in [2.24, 2.45) is 11.7 Å². The van der Waals surface area contributed by atoms with Gasteiger partial charge in [-0.05, 0) is 60.6 Å². The fourth-order valence-electron chi connectivity index (χ4n) is 4.94. The van der Waals surface area contributed by atoms with Gasteiger partial charge in [-0.25, -0.2) is 4.79 Å². The van der Waals surface area contributed by atoms with Gasteiger partial charge in [0.15, 0.2) is 0 Å². The lowest BCUT2D eigenvalue weighted by Crippen LogP contribution is -2.52. The summed E-state index contributed by atoms with van der Waals surface area (Å²) in [7, 11) is 0. The first-order chi connectivity index (χ1) is 13.0. The molecule has 0 saturated heterocycles. The van der Waals surface area contributed by atoms with E-state index in [2.05, 4.69) is 13.0 Å². The summed E-state index contributed by atoms with van der Waals surface area (Å²) in [5, 5.41) is 0. The van der Waals surface area contributed by atoms with Gasteiger partial charge in [0.2, 0.25) is 0 Å². The molecular formula is C23H28N2O2. The molecule has 4 N–H and O–H groups in total. The molecule has 4 heteroatoms. The summed E-state index contributed by atoms with van der Waals surface area (Å²) >= 11 is 0. The van der Waals surface area contributed by atoms with Crippen LogP contribution in [-0.2, 0) is 11.8 Å². The highest BCUT2D eigenvalue weighted by atomic mass is 16.5. The van der Waals surface area contributed by atoms with Crippen LogP contribution in [0.15, 0.2) is 42.5 Å². The largest absolute Gasteiger partial charge is 0.423 e. The summed E-state index contributed by atoms with van der Waals surface area (Å²) in [4.78, 5) is 12.5. The number of ether oxygens (including phenoxy) is 1. The van der Waals surface area contributed by atoms with Crippen LogP contribution < -0.4 is 16.2 Å². The number of nitrogen functional groups attached to an aromatic ring is 1. The molecule has 0 unspecified atom stereocenters. The Kier molecular flexibility index (Phi) is 4.68. The number of hydrogen-bond donors (Lipinski definition) is 2. The highest BCUT2D eigenvalue weighted by Crippen LogP contribution is 2.46. The number of carbonyl (C=O) groups excluding carboxylic acids is 1. The molecule has 2 aliphatic rings. The Hall–Kier alpha value is -2.33. The van der Waals surface area contributed by atoms with Gasteiger partial charge in [0.1, 0.15) is 5.75 Å². The number of anilines is 1. The second-order valence-corrected chi connectivity index (χ2v) is 8.30. The maximum Gasteiger partial charge on any atom is 0.345 e. The fourth-order valence-corrected chi connectivity index (χ4v) is 4.94. The molecule has 0 aliphatic heterocycles. The Morgan fingerprint density at radius 3 is 2.78 bits per heavy atom. The minimum Gasteiger partial charge on any atom is -0.423 e. The molecule has 2 bridgehead atoms. The standard InChI is InChI=1S/C23H28N2O2/c1-23-12-6-2-3-7-16(21(23)25)13-15-10-11-17(14-19(15)23)27-22(26)18-8-4-5-9-20(18)24/h4-5,8-11,14,16,21H,2-3,6-7,12-13,24-25H2,1H3/t16-,21-,23+/m0/s1. The van der Waals surface area contributed by atoms with Crippen molar-refractivity contribution in [2.45, 2.75) is 56.9 Å². The summed E-state index contributed by atoms with van der Waals surface area (Å²) in [5.41, 5.74) is 16.0.